The molecule has 1 fully saturated rings. The monoisotopic (exact) mass is 244 g/mol. The van der Waals surface area contributed by atoms with Gasteiger partial charge in [0.15, 0.2) is 11.5 Å². The Kier molecular flexibility index (Phi) is 3.04. The molecule has 96 valence electrons. The number of aryl methyl sites for hydroxylation is 1. The summed E-state index contributed by atoms with van der Waals surface area (Å²) in [6.07, 6.45) is 4.37. The van der Waals surface area contributed by atoms with Gasteiger partial charge in [-0.1, -0.05) is 6.92 Å². The maximum atomic E-state index is 4.68. The lowest BCUT2D eigenvalue weighted by Gasteiger charge is -2.29. The first-order valence-electron chi connectivity index (χ1n) is 6.81. The van der Waals surface area contributed by atoms with Crippen LogP contribution in [0.2, 0.25) is 0 Å². The second-order valence-corrected chi connectivity index (χ2v) is 5.19. The zero-order valence-electron chi connectivity index (χ0n) is 11.1. The average Bonchev–Trinajstić information content (AvgIpc) is 2.81. The maximum absolute atomic E-state index is 4.68. The number of nitrogens with zero attached hydrogens (tertiary/aromatic N) is 4. The minimum absolute atomic E-state index is 0.535. The first-order valence-corrected chi connectivity index (χ1v) is 6.81. The highest BCUT2D eigenvalue weighted by atomic mass is 15.3. The molecule has 4 nitrogen and oxygen atoms in total. The van der Waals surface area contributed by atoms with Gasteiger partial charge in [0.05, 0.1) is 0 Å². The Morgan fingerprint density at radius 3 is 2.83 bits per heavy atom. The minimum Gasteiger partial charge on any atom is -0.304 e. The molecule has 0 atom stereocenters. The topological polar surface area (TPSA) is 33.4 Å². The van der Waals surface area contributed by atoms with E-state index in [4.69, 9.17) is 0 Å². The summed E-state index contributed by atoms with van der Waals surface area (Å²) in [7, 11) is 0. The molecular weight excluding hydrogens is 224 g/mol. The van der Waals surface area contributed by atoms with E-state index < -0.39 is 0 Å². The standard InChI is InChI=1S/C14H20N4/c1-3-17-7-5-12(6-8-17)14-15-13-10-11(2)4-9-18(13)16-14/h4,9-10,12H,3,5-8H2,1-2H3. The van der Waals surface area contributed by atoms with Crippen LogP contribution in [0.1, 0.15) is 37.1 Å². The van der Waals surface area contributed by atoms with Crippen LogP contribution < -0.4 is 0 Å². The van der Waals surface area contributed by atoms with E-state index >= 15 is 0 Å². The maximum Gasteiger partial charge on any atom is 0.155 e. The molecule has 1 aliphatic heterocycles. The third kappa shape index (κ3) is 2.12. The van der Waals surface area contributed by atoms with Crippen LogP contribution in [0.5, 0.6) is 0 Å². The summed E-state index contributed by atoms with van der Waals surface area (Å²) >= 11 is 0. The highest BCUT2D eigenvalue weighted by molar-refractivity contribution is 5.40. The molecule has 0 spiro atoms. The van der Waals surface area contributed by atoms with Crippen LogP contribution in [-0.4, -0.2) is 39.1 Å². The van der Waals surface area contributed by atoms with Gasteiger partial charge in [0.25, 0.3) is 0 Å². The molecule has 0 unspecified atom stereocenters. The average molecular weight is 244 g/mol. The predicted octanol–water partition coefficient (Wildman–Crippen LogP) is 2.24. The van der Waals surface area contributed by atoms with Crippen LogP contribution in [-0.2, 0) is 0 Å². The number of rotatable bonds is 2. The summed E-state index contributed by atoms with van der Waals surface area (Å²) < 4.78 is 1.90. The quantitative estimate of drug-likeness (QED) is 0.812. The van der Waals surface area contributed by atoms with E-state index in [1.807, 2.05) is 10.7 Å². The van der Waals surface area contributed by atoms with Crippen LogP contribution in [0.3, 0.4) is 0 Å². The van der Waals surface area contributed by atoms with Crippen molar-refractivity contribution in [3.05, 3.63) is 29.7 Å². The summed E-state index contributed by atoms with van der Waals surface area (Å²) in [5.41, 5.74) is 2.21. The highest BCUT2D eigenvalue weighted by Gasteiger charge is 2.22. The molecule has 2 aromatic heterocycles. The van der Waals surface area contributed by atoms with Crippen LogP contribution in [0.15, 0.2) is 18.3 Å². The van der Waals surface area contributed by atoms with Gasteiger partial charge < -0.3 is 4.90 Å². The van der Waals surface area contributed by atoms with Crippen molar-refractivity contribution in [2.24, 2.45) is 0 Å². The lowest BCUT2D eigenvalue weighted by molar-refractivity contribution is 0.219. The van der Waals surface area contributed by atoms with Gasteiger partial charge in [0.2, 0.25) is 0 Å². The number of likely N-dealkylation sites (tertiary alicyclic amines) is 1. The van der Waals surface area contributed by atoms with Gasteiger partial charge in [-0.15, -0.1) is 0 Å². The van der Waals surface area contributed by atoms with Crippen molar-refractivity contribution in [1.82, 2.24) is 19.5 Å². The third-order valence-corrected chi connectivity index (χ3v) is 3.91. The van der Waals surface area contributed by atoms with E-state index in [1.54, 1.807) is 0 Å². The Morgan fingerprint density at radius 2 is 2.11 bits per heavy atom. The van der Waals surface area contributed by atoms with Gasteiger partial charge in [0, 0.05) is 12.1 Å². The largest absolute Gasteiger partial charge is 0.304 e. The van der Waals surface area contributed by atoms with Crippen LogP contribution in [0, 0.1) is 6.92 Å². The number of piperidine rings is 1. The lowest BCUT2D eigenvalue weighted by Crippen LogP contribution is -2.32. The molecule has 1 aliphatic rings. The van der Waals surface area contributed by atoms with Gasteiger partial charge in [-0.3, -0.25) is 0 Å². The molecule has 0 bridgehead atoms. The molecule has 18 heavy (non-hydrogen) atoms. The molecule has 0 amide bonds. The lowest BCUT2D eigenvalue weighted by atomic mass is 9.96. The smallest absolute Gasteiger partial charge is 0.155 e. The van der Waals surface area contributed by atoms with E-state index in [0.29, 0.717) is 5.92 Å². The number of hydrogen-bond acceptors (Lipinski definition) is 3. The molecule has 0 saturated carbocycles. The number of hydrogen-bond donors (Lipinski definition) is 0. The van der Waals surface area contributed by atoms with E-state index in [-0.39, 0.29) is 0 Å². The summed E-state index contributed by atoms with van der Waals surface area (Å²) in [4.78, 5) is 7.18. The molecule has 3 heterocycles. The van der Waals surface area contributed by atoms with Gasteiger partial charge >= 0.3 is 0 Å². The van der Waals surface area contributed by atoms with Crippen molar-refractivity contribution in [3.63, 3.8) is 0 Å². The molecule has 0 N–H and O–H groups in total. The summed E-state index contributed by atoms with van der Waals surface area (Å²) in [6, 6.07) is 4.17. The highest BCUT2D eigenvalue weighted by Crippen LogP contribution is 2.25. The third-order valence-electron chi connectivity index (χ3n) is 3.91. The van der Waals surface area contributed by atoms with Crippen LogP contribution >= 0.6 is 0 Å². The van der Waals surface area contributed by atoms with Gasteiger partial charge in [-0.2, -0.15) is 5.10 Å². The zero-order chi connectivity index (χ0) is 12.5. The number of fused-ring (bicyclic) bond motifs is 1. The molecule has 3 rings (SSSR count). The fourth-order valence-electron chi connectivity index (χ4n) is 2.68. The molecule has 2 aromatic rings. The van der Waals surface area contributed by atoms with Gasteiger partial charge in [-0.25, -0.2) is 9.50 Å². The summed E-state index contributed by atoms with van der Waals surface area (Å²) in [5, 5.41) is 4.62. The molecular formula is C14H20N4. The van der Waals surface area contributed by atoms with Gasteiger partial charge in [0.1, 0.15) is 0 Å². The Bertz CT molecular complexity index is 538. The SMILES string of the molecule is CCN1CCC(c2nc3cc(C)ccn3n2)CC1. The van der Waals surface area contributed by atoms with E-state index in [1.165, 1.54) is 31.5 Å². The van der Waals surface area contributed by atoms with Crippen molar-refractivity contribution in [2.75, 3.05) is 19.6 Å². The summed E-state index contributed by atoms with van der Waals surface area (Å²) in [5.74, 6) is 1.56. The second-order valence-electron chi connectivity index (χ2n) is 5.19. The Labute approximate surface area is 108 Å². The molecule has 0 aromatic carbocycles. The van der Waals surface area contributed by atoms with Crippen molar-refractivity contribution in [2.45, 2.75) is 32.6 Å². The molecule has 4 heteroatoms. The van der Waals surface area contributed by atoms with Crippen molar-refractivity contribution in [1.29, 1.82) is 0 Å². The first-order chi connectivity index (χ1) is 8.76. The normalized spacial score (nSPS) is 18.6. The predicted molar refractivity (Wildman–Crippen MR) is 71.8 cm³/mol. The Balaban J connectivity index is 1.82. The van der Waals surface area contributed by atoms with E-state index in [2.05, 4.69) is 41.0 Å². The zero-order valence-corrected chi connectivity index (χ0v) is 11.1. The molecule has 0 aliphatic carbocycles. The van der Waals surface area contributed by atoms with Crippen molar-refractivity contribution in [3.8, 4) is 0 Å². The Hall–Kier alpha value is -1.42. The van der Waals surface area contributed by atoms with Crippen molar-refractivity contribution < 1.29 is 0 Å². The summed E-state index contributed by atoms with van der Waals surface area (Å²) in [6.45, 7) is 7.83. The fourth-order valence-corrected chi connectivity index (χ4v) is 2.68. The number of pyridine rings is 1. The van der Waals surface area contributed by atoms with E-state index in [0.717, 1.165) is 18.0 Å². The fraction of sp³-hybridized carbons (Fsp3) is 0.571. The Morgan fingerprint density at radius 1 is 1.33 bits per heavy atom. The second kappa shape index (κ2) is 4.69. The van der Waals surface area contributed by atoms with E-state index in [9.17, 15) is 0 Å². The van der Waals surface area contributed by atoms with Crippen LogP contribution in [0.4, 0.5) is 0 Å². The van der Waals surface area contributed by atoms with Gasteiger partial charge in [-0.05, 0) is 57.1 Å². The minimum atomic E-state index is 0.535. The molecule has 1 saturated heterocycles. The number of aromatic nitrogens is 3. The van der Waals surface area contributed by atoms with Crippen LogP contribution in [0.25, 0.3) is 5.65 Å². The molecule has 0 radical (unpaired) electrons. The van der Waals surface area contributed by atoms with Crippen molar-refractivity contribution >= 4 is 5.65 Å². The first kappa shape index (κ1) is 11.7.